The van der Waals surface area contributed by atoms with E-state index in [0.717, 1.165) is 12.8 Å². The van der Waals surface area contributed by atoms with Crippen molar-refractivity contribution >= 4 is 11.6 Å². The smallest absolute Gasteiger partial charge is 0.129 e. The Kier molecular flexibility index (Phi) is 8.08. The van der Waals surface area contributed by atoms with Gasteiger partial charge in [-0.2, -0.15) is 0 Å². The van der Waals surface area contributed by atoms with Crippen LogP contribution in [-0.4, -0.2) is 0 Å². The first kappa shape index (κ1) is 16.5. The van der Waals surface area contributed by atoms with Gasteiger partial charge in [-0.3, -0.25) is 0 Å². The maximum absolute atomic E-state index is 13.7. The Morgan fingerprint density at radius 2 is 1.74 bits per heavy atom. The number of unbranched alkanes of at least 4 members (excludes halogenated alkanes) is 6. The Morgan fingerprint density at radius 1 is 1.11 bits per heavy atom. The molecule has 0 aromatic heterocycles. The van der Waals surface area contributed by atoms with Crippen molar-refractivity contribution in [2.24, 2.45) is 5.73 Å². The summed E-state index contributed by atoms with van der Waals surface area (Å²) < 4.78 is 13.7. The third-order valence-corrected chi connectivity index (χ3v) is 3.82. The number of halogens is 2. The highest BCUT2D eigenvalue weighted by Gasteiger charge is 2.14. The standard InChI is InChI=1S/C16H25ClFN/c1-2-3-4-5-6-7-8-12-15(19)16-13(17)10-9-11-14(16)18/h9-11,15H,2-8,12,19H2,1H3. The predicted molar refractivity (Wildman–Crippen MR) is 80.9 cm³/mol. The van der Waals surface area contributed by atoms with Gasteiger partial charge < -0.3 is 5.73 Å². The molecule has 108 valence electrons. The van der Waals surface area contributed by atoms with E-state index in [2.05, 4.69) is 6.92 Å². The molecule has 2 N–H and O–H groups in total. The van der Waals surface area contributed by atoms with Gasteiger partial charge in [0.25, 0.3) is 0 Å². The van der Waals surface area contributed by atoms with Crippen LogP contribution in [0.5, 0.6) is 0 Å². The summed E-state index contributed by atoms with van der Waals surface area (Å²) in [7, 11) is 0. The van der Waals surface area contributed by atoms with Crippen LogP contribution in [0.15, 0.2) is 18.2 Å². The Morgan fingerprint density at radius 3 is 2.37 bits per heavy atom. The normalized spacial score (nSPS) is 12.6. The Hall–Kier alpha value is -0.600. The Bertz CT molecular complexity index is 348. The zero-order valence-corrected chi connectivity index (χ0v) is 12.6. The highest BCUT2D eigenvalue weighted by Crippen LogP contribution is 2.27. The van der Waals surface area contributed by atoms with Crippen LogP contribution in [-0.2, 0) is 0 Å². The molecule has 1 aromatic rings. The summed E-state index contributed by atoms with van der Waals surface area (Å²) in [6, 6.07) is 4.45. The lowest BCUT2D eigenvalue weighted by atomic mass is 10.00. The molecule has 0 radical (unpaired) electrons. The summed E-state index contributed by atoms with van der Waals surface area (Å²) in [6.45, 7) is 2.22. The molecule has 0 aliphatic rings. The molecule has 0 bridgehead atoms. The van der Waals surface area contributed by atoms with Crippen molar-refractivity contribution in [2.45, 2.75) is 64.3 Å². The lowest BCUT2D eigenvalue weighted by molar-refractivity contribution is 0.520. The summed E-state index contributed by atoms with van der Waals surface area (Å²) in [5.74, 6) is -0.289. The molecule has 1 rings (SSSR count). The second kappa shape index (κ2) is 9.33. The van der Waals surface area contributed by atoms with E-state index < -0.39 is 0 Å². The lowest BCUT2D eigenvalue weighted by Crippen LogP contribution is -2.12. The van der Waals surface area contributed by atoms with Gasteiger partial charge in [-0.15, -0.1) is 0 Å². The van der Waals surface area contributed by atoms with Gasteiger partial charge in [0.2, 0.25) is 0 Å². The monoisotopic (exact) mass is 285 g/mol. The maximum Gasteiger partial charge on any atom is 0.129 e. The first-order chi connectivity index (χ1) is 9.16. The van der Waals surface area contributed by atoms with Crippen LogP contribution in [0.1, 0.15) is 69.9 Å². The minimum Gasteiger partial charge on any atom is -0.324 e. The Labute approximate surface area is 121 Å². The molecule has 0 heterocycles. The molecule has 1 unspecified atom stereocenters. The molecule has 0 spiro atoms. The highest BCUT2D eigenvalue weighted by molar-refractivity contribution is 6.31. The first-order valence-electron chi connectivity index (χ1n) is 7.36. The quantitative estimate of drug-likeness (QED) is 0.586. The zero-order chi connectivity index (χ0) is 14.1. The fourth-order valence-electron chi connectivity index (χ4n) is 2.33. The highest BCUT2D eigenvalue weighted by atomic mass is 35.5. The van der Waals surface area contributed by atoms with Crippen LogP contribution >= 0.6 is 11.6 Å². The average molecular weight is 286 g/mol. The van der Waals surface area contributed by atoms with Crippen molar-refractivity contribution < 1.29 is 4.39 Å². The summed E-state index contributed by atoms with van der Waals surface area (Å²) in [5.41, 5.74) is 6.50. The molecule has 1 aromatic carbocycles. The number of hydrogen-bond acceptors (Lipinski definition) is 1. The Balaban J connectivity index is 2.26. The summed E-state index contributed by atoms with van der Waals surface area (Å²) in [6.07, 6.45) is 9.47. The zero-order valence-electron chi connectivity index (χ0n) is 11.8. The van der Waals surface area contributed by atoms with Crippen molar-refractivity contribution in [1.82, 2.24) is 0 Å². The van der Waals surface area contributed by atoms with Gasteiger partial charge in [0.15, 0.2) is 0 Å². The van der Waals surface area contributed by atoms with E-state index in [0.29, 0.717) is 10.6 Å². The first-order valence-corrected chi connectivity index (χ1v) is 7.74. The third kappa shape index (κ3) is 5.92. The van der Waals surface area contributed by atoms with Gasteiger partial charge in [-0.1, -0.05) is 69.5 Å². The second-order valence-electron chi connectivity index (χ2n) is 5.15. The minimum atomic E-state index is -0.289. The fraction of sp³-hybridized carbons (Fsp3) is 0.625. The fourth-order valence-corrected chi connectivity index (χ4v) is 2.63. The summed E-state index contributed by atoms with van der Waals surface area (Å²) in [5, 5.41) is 0.440. The molecule has 0 saturated carbocycles. The van der Waals surface area contributed by atoms with Crippen molar-refractivity contribution in [3.05, 3.63) is 34.6 Å². The molecule has 0 aliphatic carbocycles. The second-order valence-corrected chi connectivity index (χ2v) is 5.56. The summed E-state index contributed by atoms with van der Waals surface area (Å²) >= 11 is 6.00. The van der Waals surface area contributed by atoms with Crippen LogP contribution in [0.25, 0.3) is 0 Å². The molecule has 0 fully saturated rings. The topological polar surface area (TPSA) is 26.0 Å². The number of hydrogen-bond donors (Lipinski definition) is 1. The summed E-state index contributed by atoms with van der Waals surface area (Å²) in [4.78, 5) is 0. The molecule has 0 amide bonds. The molecular formula is C16H25ClFN. The largest absolute Gasteiger partial charge is 0.324 e. The van der Waals surface area contributed by atoms with Gasteiger partial charge >= 0.3 is 0 Å². The molecule has 0 aliphatic heterocycles. The molecular weight excluding hydrogens is 261 g/mol. The van der Waals surface area contributed by atoms with E-state index in [-0.39, 0.29) is 11.9 Å². The molecule has 1 atom stereocenters. The maximum atomic E-state index is 13.7. The van der Waals surface area contributed by atoms with Crippen molar-refractivity contribution in [3.63, 3.8) is 0 Å². The van der Waals surface area contributed by atoms with Gasteiger partial charge in [0, 0.05) is 16.6 Å². The van der Waals surface area contributed by atoms with Gasteiger partial charge in [0.05, 0.1) is 0 Å². The van der Waals surface area contributed by atoms with E-state index in [4.69, 9.17) is 17.3 Å². The minimum absolute atomic E-state index is 0.288. The lowest BCUT2D eigenvalue weighted by Gasteiger charge is -2.14. The van der Waals surface area contributed by atoms with E-state index in [1.807, 2.05) is 0 Å². The van der Waals surface area contributed by atoms with Crippen LogP contribution in [0.3, 0.4) is 0 Å². The van der Waals surface area contributed by atoms with Gasteiger partial charge in [0.1, 0.15) is 5.82 Å². The third-order valence-electron chi connectivity index (χ3n) is 3.49. The molecule has 19 heavy (non-hydrogen) atoms. The molecule has 0 saturated heterocycles. The SMILES string of the molecule is CCCCCCCCCC(N)c1c(F)cccc1Cl. The average Bonchev–Trinajstić information content (AvgIpc) is 2.37. The number of rotatable bonds is 9. The number of nitrogens with two attached hydrogens (primary N) is 1. The van der Waals surface area contributed by atoms with Crippen molar-refractivity contribution in [3.8, 4) is 0 Å². The van der Waals surface area contributed by atoms with Crippen molar-refractivity contribution in [1.29, 1.82) is 0 Å². The predicted octanol–water partition coefficient (Wildman–Crippen LogP) is 5.62. The van der Waals surface area contributed by atoms with Crippen molar-refractivity contribution in [2.75, 3.05) is 0 Å². The van der Waals surface area contributed by atoms with E-state index in [9.17, 15) is 4.39 Å². The van der Waals surface area contributed by atoms with Gasteiger partial charge in [-0.05, 0) is 18.6 Å². The van der Waals surface area contributed by atoms with E-state index in [1.54, 1.807) is 12.1 Å². The van der Waals surface area contributed by atoms with Crippen LogP contribution in [0.4, 0.5) is 4.39 Å². The van der Waals surface area contributed by atoms with Crippen LogP contribution < -0.4 is 5.73 Å². The molecule has 3 heteroatoms. The van der Waals surface area contributed by atoms with E-state index in [1.165, 1.54) is 44.6 Å². The van der Waals surface area contributed by atoms with Crippen LogP contribution in [0, 0.1) is 5.82 Å². The molecule has 1 nitrogen and oxygen atoms in total. The number of benzene rings is 1. The van der Waals surface area contributed by atoms with Gasteiger partial charge in [-0.25, -0.2) is 4.39 Å². The van der Waals surface area contributed by atoms with E-state index >= 15 is 0 Å². The van der Waals surface area contributed by atoms with Crippen LogP contribution in [0.2, 0.25) is 5.02 Å².